The average molecular weight is 234 g/mol. The number of amides is 1. The van der Waals surface area contributed by atoms with E-state index >= 15 is 0 Å². The normalized spacial score (nSPS) is 12.6. The van der Waals surface area contributed by atoms with Gasteiger partial charge in [-0.25, -0.2) is 4.98 Å². The minimum absolute atomic E-state index is 0.0736. The Morgan fingerprint density at radius 1 is 1.50 bits per heavy atom. The van der Waals surface area contributed by atoms with Crippen LogP contribution >= 0.6 is 11.3 Å². The van der Waals surface area contributed by atoms with E-state index in [9.17, 15) is 4.79 Å². The van der Waals surface area contributed by atoms with Gasteiger partial charge in [-0.2, -0.15) is 0 Å². The van der Waals surface area contributed by atoms with E-state index in [1.807, 2.05) is 38.1 Å². The van der Waals surface area contributed by atoms with E-state index in [1.54, 1.807) is 0 Å². The Morgan fingerprint density at radius 2 is 2.25 bits per heavy atom. The van der Waals surface area contributed by atoms with Gasteiger partial charge in [-0.3, -0.25) is 4.79 Å². The van der Waals surface area contributed by atoms with E-state index in [4.69, 9.17) is 0 Å². The number of rotatable bonds is 3. The molecule has 84 valence electrons. The Balaban J connectivity index is 2.23. The maximum atomic E-state index is 11.8. The highest BCUT2D eigenvalue weighted by Crippen LogP contribution is 2.21. The molecular formula is C12H14N2OS. The van der Waals surface area contributed by atoms with Gasteiger partial charge in [0, 0.05) is 6.04 Å². The van der Waals surface area contributed by atoms with Crippen LogP contribution in [0.1, 0.15) is 30.1 Å². The summed E-state index contributed by atoms with van der Waals surface area (Å²) in [5.74, 6) is -0.0736. The quantitative estimate of drug-likeness (QED) is 0.887. The van der Waals surface area contributed by atoms with Crippen molar-refractivity contribution >= 4 is 27.5 Å². The van der Waals surface area contributed by atoms with Crippen LogP contribution in [-0.2, 0) is 0 Å². The first-order valence-corrected chi connectivity index (χ1v) is 6.18. The summed E-state index contributed by atoms with van der Waals surface area (Å²) in [7, 11) is 0. The van der Waals surface area contributed by atoms with Crippen LogP contribution in [0.15, 0.2) is 24.3 Å². The van der Waals surface area contributed by atoms with Crippen molar-refractivity contribution in [1.29, 1.82) is 0 Å². The highest BCUT2D eigenvalue weighted by molar-refractivity contribution is 7.20. The van der Waals surface area contributed by atoms with Gasteiger partial charge in [0.1, 0.15) is 0 Å². The number of para-hydroxylation sites is 1. The summed E-state index contributed by atoms with van der Waals surface area (Å²) < 4.78 is 1.05. The van der Waals surface area contributed by atoms with Crippen molar-refractivity contribution in [2.75, 3.05) is 0 Å². The third kappa shape index (κ3) is 2.22. The van der Waals surface area contributed by atoms with Crippen molar-refractivity contribution in [3.63, 3.8) is 0 Å². The van der Waals surface area contributed by atoms with Gasteiger partial charge >= 0.3 is 0 Å². The fraction of sp³-hybridized carbons (Fsp3) is 0.333. The Bertz CT molecular complexity index is 473. The number of nitrogens with one attached hydrogen (secondary N) is 1. The van der Waals surface area contributed by atoms with Gasteiger partial charge in [-0.05, 0) is 25.5 Å². The smallest absolute Gasteiger partial charge is 0.280 e. The predicted molar refractivity (Wildman–Crippen MR) is 66.8 cm³/mol. The first kappa shape index (κ1) is 11.1. The molecule has 1 aromatic heterocycles. The molecule has 1 N–H and O–H groups in total. The molecule has 1 atom stereocenters. The minimum Gasteiger partial charge on any atom is -0.348 e. The molecule has 0 saturated heterocycles. The summed E-state index contributed by atoms with van der Waals surface area (Å²) in [6.07, 6.45) is 0.927. The molecule has 3 nitrogen and oxygen atoms in total. The minimum atomic E-state index is -0.0736. The molecule has 0 fully saturated rings. The van der Waals surface area contributed by atoms with Crippen molar-refractivity contribution in [2.24, 2.45) is 0 Å². The lowest BCUT2D eigenvalue weighted by atomic mass is 10.2. The number of carbonyl (C=O) groups excluding carboxylic acids is 1. The summed E-state index contributed by atoms with van der Waals surface area (Å²) in [6.45, 7) is 4.04. The molecule has 2 rings (SSSR count). The molecule has 0 aliphatic carbocycles. The van der Waals surface area contributed by atoms with Gasteiger partial charge in [-0.1, -0.05) is 19.1 Å². The van der Waals surface area contributed by atoms with Crippen molar-refractivity contribution in [1.82, 2.24) is 10.3 Å². The number of hydrogen-bond acceptors (Lipinski definition) is 3. The molecule has 2 aromatic rings. The molecule has 0 spiro atoms. The summed E-state index contributed by atoms with van der Waals surface area (Å²) >= 11 is 1.43. The molecule has 0 aliphatic rings. The van der Waals surface area contributed by atoms with E-state index < -0.39 is 0 Å². The molecule has 0 bridgehead atoms. The molecular weight excluding hydrogens is 220 g/mol. The van der Waals surface area contributed by atoms with E-state index in [2.05, 4.69) is 10.3 Å². The number of benzene rings is 1. The molecule has 1 amide bonds. The fourth-order valence-corrected chi connectivity index (χ4v) is 2.23. The molecule has 1 aromatic carbocycles. The van der Waals surface area contributed by atoms with Gasteiger partial charge in [0.2, 0.25) is 0 Å². The van der Waals surface area contributed by atoms with Crippen LogP contribution in [0.4, 0.5) is 0 Å². The number of hydrogen-bond donors (Lipinski definition) is 1. The van der Waals surface area contributed by atoms with Crippen LogP contribution in [0.2, 0.25) is 0 Å². The van der Waals surface area contributed by atoms with Crippen molar-refractivity contribution in [3.8, 4) is 0 Å². The summed E-state index contributed by atoms with van der Waals surface area (Å²) in [5.41, 5.74) is 0.891. The zero-order valence-corrected chi connectivity index (χ0v) is 10.2. The Kier molecular flexibility index (Phi) is 3.19. The number of aromatic nitrogens is 1. The lowest BCUT2D eigenvalue weighted by Gasteiger charge is -2.08. The average Bonchev–Trinajstić information content (AvgIpc) is 2.72. The summed E-state index contributed by atoms with van der Waals surface area (Å²) in [6, 6.07) is 7.98. The molecule has 0 radical (unpaired) electrons. The predicted octanol–water partition coefficient (Wildman–Crippen LogP) is 2.82. The second-order valence-electron chi connectivity index (χ2n) is 3.77. The number of fused-ring (bicyclic) bond motifs is 1. The number of carbonyl (C=O) groups is 1. The highest BCUT2D eigenvalue weighted by Gasteiger charge is 2.13. The molecule has 0 aliphatic heterocycles. The summed E-state index contributed by atoms with van der Waals surface area (Å²) in [5, 5.41) is 3.46. The van der Waals surface area contributed by atoms with Crippen LogP contribution in [0, 0.1) is 0 Å². The molecule has 1 unspecified atom stereocenters. The second kappa shape index (κ2) is 4.61. The largest absolute Gasteiger partial charge is 0.348 e. The van der Waals surface area contributed by atoms with Gasteiger partial charge in [0.05, 0.1) is 10.2 Å². The Hall–Kier alpha value is -1.42. The van der Waals surface area contributed by atoms with E-state index in [1.165, 1.54) is 11.3 Å². The van der Waals surface area contributed by atoms with Crippen LogP contribution < -0.4 is 5.32 Å². The molecule has 0 saturated carbocycles. The molecule has 4 heteroatoms. The third-order valence-corrected chi connectivity index (χ3v) is 3.51. The lowest BCUT2D eigenvalue weighted by Crippen LogP contribution is -2.31. The zero-order chi connectivity index (χ0) is 11.5. The Labute approximate surface area is 98.5 Å². The highest BCUT2D eigenvalue weighted by atomic mass is 32.1. The van der Waals surface area contributed by atoms with Crippen molar-refractivity contribution < 1.29 is 4.79 Å². The maximum absolute atomic E-state index is 11.8. The topological polar surface area (TPSA) is 42.0 Å². The number of nitrogens with zero attached hydrogens (tertiary/aromatic N) is 1. The third-order valence-electron chi connectivity index (χ3n) is 2.48. The zero-order valence-electron chi connectivity index (χ0n) is 9.36. The first-order chi connectivity index (χ1) is 7.70. The van der Waals surface area contributed by atoms with E-state index in [0.717, 1.165) is 16.6 Å². The van der Waals surface area contributed by atoms with Gasteiger partial charge in [0.15, 0.2) is 5.01 Å². The van der Waals surface area contributed by atoms with Crippen LogP contribution in [-0.4, -0.2) is 16.9 Å². The van der Waals surface area contributed by atoms with Crippen molar-refractivity contribution in [3.05, 3.63) is 29.3 Å². The maximum Gasteiger partial charge on any atom is 0.280 e. The van der Waals surface area contributed by atoms with Gasteiger partial charge < -0.3 is 5.32 Å². The molecule has 16 heavy (non-hydrogen) atoms. The SMILES string of the molecule is CCC(C)NC(=O)c1nc2ccccc2s1. The second-order valence-corrected chi connectivity index (χ2v) is 4.80. The van der Waals surface area contributed by atoms with Crippen molar-refractivity contribution in [2.45, 2.75) is 26.3 Å². The van der Waals surface area contributed by atoms with E-state index in [-0.39, 0.29) is 11.9 Å². The first-order valence-electron chi connectivity index (χ1n) is 5.37. The summed E-state index contributed by atoms with van der Waals surface area (Å²) in [4.78, 5) is 16.1. The van der Waals surface area contributed by atoms with E-state index in [0.29, 0.717) is 5.01 Å². The lowest BCUT2D eigenvalue weighted by molar-refractivity contribution is 0.0939. The molecule has 1 heterocycles. The van der Waals surface area contributed by atoms with Gasteiger partial charge in [0.25, 0.3) is 5.91 Å². The monoisotopic (exact) mass is 234 g/mol. The Morgan fingerprint density at radius 3 is 2.94 bits per heavy atom. The van der Waals surface area contributed by atoms with Crippen LogP contribution in [0.25, 0.3) is 10.2 Å². The standard InChI is InChI=1S/C12H14N2OS/c1-3-8(2)13-11(15)12-14-9-6-4-5-7-10(9)16-12/h4-8H,3H2,1-2H3,(H,13,15). The van der Waals surface area contributed by atoms with Crippen LogP contribution in [0.3, 0.4) is 0 Å². The van der Waals surface area contributed by atoms with Crippen LogP contribution in [0.5, 0.6) is 0 Å². The number of thiazole rings is 1. The van der Waals surface area contributed by atoms with Gasteiger partial charge in [-0.15, -0.1) is 11.3 Å². The fourth-order valence-electron chi connectivity index (χ4n) is 1.36.